The van der Waals surface area contributed by atoms with Crippen molar-refractivity contribution in [3.8, 4) is 0 Å². The van der Waals surface area contributed by atoms with Crippen LogP contribution in [0.2, 0.25) is 0 Å². The van der Waals surface area contributed by atoms with Gasteiger partial charge in [-0.2, -0.15) is 0 Å². The van der Waals surface area contributed by atoms with E-state index in [1.807, 2.05) is 30.3 Å². The van der Waals surface area contributed by atoms with E-state index < -0.39 is 6.04 Å². The lowest BCUT2D eigenvalue weighted by atomic mass is 10.1. The molecule has 1 unspecified atom stereocenters. The SMILES string of the molecule is NC(=O)C1CCN(C(=O)[C@H](N)Cc2ccccc2)C1. The molecular weight excluding hydrogens is 242 g/mol. The van der Waals surface area contributed by atoms with E-state index in [9.17, 15) is 9.59 Å². The molecule has 1 aromatic rings. The van der Waals surface area contributed by atoms with Crippen LogP contribution in [-0.2, 0) is 16.0 Å². The molecule has 5 nitrogen and oxygen atoms in total. The van der Waals surface area contributed by atoms with Crippen molar-refractivity contribution in [1.29, 1.82) is 0 Å². The Morgan fingerprint density at radius 2 is 2.00 bits per heavy atom. The fraction of sp³-hybridized carbons (Fsp3) is 0.429. The summed E-state index contributed by atoms with van der Waals surface area (Å²) in [4.78, 5) is 24.9. The van der Waals surface area contributed by atoms with Crippen molar-refractivity contribution in [1.82, 2.24) is 4.90 Å². The zero-order valence-corrected chi connectivity index (χ0v) is 10.8. The zero-order valence-electron chi connectivity index (χ0n) is 10.8. The molecule has 1 aromatic carbocycles. The first-order valence-electron chi connectivity index (χ1n) is 6.45. The quantitative estimate of drug-likeness (QED) is 0.792. The Morgan fingerprint density at radius 1 is 1.32 bits per heavy atom. The summed E-state index contributed by atoms with van der Waals surface area (Å²) in [5, 5.41) is 0. The molecule has 0 aliphatic carbocycles. The maximum absolute atomic E-state index is 12.2. The monoisotopic (exact) mass is 261 g/mol. The molecule has 4 N–H and O–H groups in total. The Balaban J connectivity index is 1.91. The highest BCUT2D eigenvalue weighted by molar-refractivity contribution is 5.84. The van der Waals surface area contributed by atoms with Gasteiger partial charge in [0.15, 0.2) is 0 Å². The molecule has 1 fully saturated rings. The second kappa shape index (κ2) is 5.84. The highest BCUT2D eigenvalue weighted by atomic mass is 16.2. The van der Waals surface area contributed by atoms with E-state index in [4.69, 9.17) is 11.5 Å². The normalized spacial score (nSPS) is 20.3. The number of benzene rings is 1. The number of nitrogens with zero attached hydrogens (tertiary/aromatic N) is 1. The van der Waals surface area contributed by atoms with Crippen molar-refractivity contribution in [3.05, 3.63) is 35.9 Å². The Labute approximate surface area is 112 Å². The van der Waals surface area contributed by atoms with E-state index in [2.05, 4.69) is 0 Å². The maximum Gasteiger partial charge on any atom is 0.239 e. The first-order valence-corrected chi connectivity index (χ1v) is 6.45. The van der Waals surface area contributed by atoms with Gasteiger partial charge in [0.1, 0.15) is 0 Å². The second-order valence-corrected chi connectivity index (χ2v) is 4.97. The Kier molecular flexibility index (Phi) is 4.16. The smallest absolute Gasteiger partial charge is 0.239 e. The zero-order chi connectivity index (χ0) is 13.8. The van der Waals surface area contributed by atoms with Crippen molar-refractivity contribution in [3.63, 3.8) is 0 Å². The first kappa shape index (κ1) is 13.5. The van der Waals surface area contributed by atoms with Gasteiger partial charge in [-0.05, 0) is 18.4 Å². The van der Waals surface area contributed by atoms with Crippen LogP contribution >= 0.6 is 0 Å². The van der Waals surface area contributed by atoms with Crippen LogP contribution < -0.4 is 11.5 Å². The number of nitrogens with two attached hydrogens (primary N) is 2. The predicted octanol–water partition coefficient (Wildman–Crippen LogP) is -0.110. The molecule has 0 aromatic heterocycles. The Bertz CT molecular complexity index is 461. The van der Waals surface area contributed by atoms with E-state index in [-0.39, 0.29) is 17.7 Å². The van der Waals surface area contributed by atoms with E-state index in [1.54, 1.807) is 4.90 Å². The van der Waals surface area contributed by atoms with Gasteiger partial charge in [0.25, 0.3) is 0 Å². The molecular formula is C14H19N3O2. The molecule has 1 saturated heterocycles. The van der Waals surface area contributed by atoms with Crippen LogP contribution in [0.1, 0.15) is 12.0 Å². The van der Waals surface area contributed by atoms with Gasteiger partial charge in [-0.3, -0.25) is 9.59 Å². The number of likely N-dealkylation sites (tertiary alicyclic amines) is 1. The lowest BCUT2D eigenvalue weighted by Gasteiger charge is -2.20. The number of primary amides is 1. The highest BCUT2D eigenvalue weighted by Gasteiger charge is 2.31. The number of amides is 2. The van der Waals surface area contributed by atoms with Gasteiger partial charge in [-0.1, -0.05) is 30.3 Å². The van der Waals surface area contributed by atoms with Gasteiger partial charge in [-0.25, -0.2) is 0 Å². The van der Waals surface area contributed by atoms with E-state index in [0.717, 1.165) is 5.56 Å². The molecule has 0 spiro atoms. The molecule has 2 atom stereocenters. The van der Waals surface area contributed by atoms with Gasteiger partial charge in [0, 0.05) is 13.1 Å². The van der Waals surface area contributed by atoms with Gasteiger partial charge in [0.2, 0.25) is 11.8 Å². The summed E-state index contributed by atoms with van der Waals surface area (Å²) in [6.45, 7) is 0.964. The molecule has 1 aliphatic heterocycles. The lowest BCUT2D eigenvalue weighted by molar-refractivity contribution is -0.131. The van der Waals surface area contributed by atoms with Crippen LogP contribution in [0, 0.1) is 5.92 Å². The number of carbonyl (C=O) groups is 2. The summed E-state index contributed by atoms with van der Waals surface area (Å²) >= 11 is 0. The Morgan fingerprint density at radius 3 is 2.58 bits per heavy atom. The number of carbonyl (C=O) groups excluding carboxylic acids is 2. The van der Waals surface area contributed by atoms with Gasteiger partial charge in [-0.15, -0.1) is 0 Å². The molecule has 5 heteroatoms. The summed E-state index contributed by atoms with van der Waals surface area (Å²) < 4.78 is 0. The molecule has 1 heterocycles. The van der Waals surface area contributed by atoms with Crippen LogP contribution in [-0.4, -0.2) is 35.8 Å². The van der Waals surface area contributed by atoms with Crippen molar-refractivity contribution in [2.24, 2.45) is 17.4 Å². The first-order chi connectivity index (χ1) is 9.08. The number of rotatable bonds is 4. The summed E-state index contributed by atoms with van der Waals surface area (Å²) in [6, 6.07) is 9.10. The summed E-state index contributed by atoms with van der Waals surface area (Å²) in [6.07, 6.45) is 1.15. The molecule has 19 heavy (non-hydrogen) atoms. The summed E-state index contributed by atoms with van der Waals surface area (Å²) in [7, 11) is 0. The second-order valence-electron chi connectivity index (χ2n) is 4.97. The van der Waals surface area contributed by atoms with Crippen LogP contribution in [0.25, 0.3) is 0 Å². The van der Waals surface area contributed by atoms with Crippen molar-refractivity contribution in [2.45, 2.75) is 18.9 Å². The van der Waals surface area contributed by atoms with Crippen molar-refractivity contribution >= 4 is 11.8 Å². The molecule has 0 saturated carbocycles. The molecule has 1 aliphatic rings. The van der Waals surface area contributed by atoms with Gasteiger partial charge >= 0.3 is 0 Å². The van der Waals surface area contributed by atoms with Crippen LogP contribution in [0.5, 0.6) is 0 Å². The molecule has 2 amide bonds. The van der Waals surface area contributed by atoms with E-state index >= 15 is 0 Å². The average Bonchev–Trinajstić information content (AvgIpc) is 2.88. The van der Waals surface area contributed by atoms with Crippen molar-refractivity contribution < 1.29 is 9.59 Å². The van der Waals surface area contributed by atoms with Crippen LogP contribution in [0.4, 0.5) is 0 Å². The van der Waals surface area contributed by atoms with Crippen LogP contribution in [0.15, 0.2) is 30.3 Å². The summed E-state index contributed by atoms with van der Waals surface area (Å²) in [5.41, 5.74) is 12.2. The van der Waals surface area contributed by atoms with E-state index in [0.29, 0.717) is 25.9 Å². The number of hydrogen-bond donors (Lipinski definition) is 2. The third-order valence-corrected chi connectivity index (χ3v) is 3.52. The maximum atomic E-state index is 12.2. The average molecular weight is 261 g/mol. The minimum atomic E-state index is -0.561. The fourth-order valence-electron chi connectivity index (χ4n) is 2.38. The number of hydrogen-bond acceptors (Lipinski definition) is 3. The van der Waals surface area contributed by atoms with E-state index in [1.165, 1.54) is 0 Å². The van der Waals surface area contributed by atoms with Crippen LogP contribution in [0.3, 0.4) is 0 Å². The largest absolute Gasteiger partial charge is 0.369 e. The predicted molar refractivity (Wildman–Crippen MR) is 72.0 cm³/mol. The molecule has 102 valence electrons. The standard InChI is InChI=1S/C14H19N3O2/c15-12(8-10-4-2-1-3-5-10)14(19)17-7-6-11(9-17)13(16)18/h1-5,11-12H,6-9,15H2,(H2,16,18)/t11?,12-/m1/s1. The van der Waals surface area contributed by atoms with Crippen molar-refractivity contribution in [2.75, 3.05) is 13.1 Å². The third-order valence-electron chi connectivity index (χ3n) is 3.52. The minimum absolute atomic E-state index is 0.104. The van der Waals surface area contributed by atoms with Gasteiger partial charge < -0.3 is 16.4 Å². The minimum Gasteiger partial charge on any atom is -0.369 e. The molecule has 0 radical (unpaired) electrons. The topological polar surface area (TPSA) is 89.4 Å². The molecule has 0 bridgehead atoms. The fourth-order valence-corrected chi connectivity index (χ4v) is 2.38. The molecule has 2 rings (SSSR count). The summed E-state index contributed by atoms with van der Waals surface area (Å²) in [5.74, 6) is -0.674. The Hall–Kier alpha value is -1.88. The lowest BCUT2D eigenvalue weighted by Crippen LogP contribution is -2.44. The third kappa shape index (κ3) is 3.32. The highest BCUT2D eigenvalue weighted by Crippen LogP contribution is 2.17. The van der Waals surface area contributed by atoms with Gasteiger partial charge in [0.05, 0.1) is 12.0 Å².